The number of aromatic hydroxyl groups is 3. The Kier molecular flexibility index (Phi) is 4.97. The van der Waals surface area contributed by atoms with E-state index in [9.17, 15) is 25.2 Å². The third kappa shape index (κ3) is 3.91. The molecule has 0 saturated carbocycles. The number of benzene rings is 2. The van der Waals surface area contributed by atoms with Crippen molar-refractivity contribution in [2.24, 2.45) is 0 Å². The van der Waals surface area contributed by atoms with Crippen LogP contribution in [0.3, 0.4) is 0 Å². The van der Waals surface area contributed by atoms with E-state index >= 15 is 0 Å². The Morgan fingerprint density at radius 2 is 1.75 bits per heavy atom. The molecular formula is C25H26O7. The second kappa shape index (κ2) is 7.31. The summed E-state index contributed by atoms with van der Waals surface area (Å²) < 4.78 is 11.4. The standard InChI is InChI=1S/C25H26O7/c1-24(2,30)7-6-14-17(26)11-20-21(22(14)28)23(29)16(12-31-20)15-9-13-5-8-25(3,4)32-19(13)10-18(15)27/h5,8-12,26-28,30H,6-7H2,1-4H3. The normalized spacial score (nSPS) is 14.9. The number of aliphatic hydroxyl groups is 1. The lowest BCUT2D eigenvalue weighted by Gasteiger charge is -2.28. The van der Waals surface area contributed by atoms with Crippen LogP contribution in [0.15, 0.2) is 39.7 Å². The minimum Gasteiger partial charge on any atom is -0.507 e. The van der Waals surface area contributed by atoms with Crippen LogP contribution in [-0.4, -0.2) is 31.6 Å². The Hall–Kier alpha value is -3.45. The van der Waals surface area contributed by atoms with Gasteiger partial charge in [-0.15, -0.1) is 0 Å². The van der Waals surface area contributed by atoms with Gasteiger partial charge in [0.1, 0.15) is 45.8 Å². The molecule has 0 aliphatic carbocycles. The molecule has 1 aliphatic rings. The van der Waals surface area contributed by atoms with Gasteiger partial charge in [-0.25, -0.2) is 0 Å². The second-order valence-corrected chi connectivity index (χ2v) is 9.33. The largest absolute Gasteiger partial charge is 0.507 e. The lowest BCUT2D eigenvalue weighted by molar-refractivity contribution is 0.0711. The Labute approximate surface area is 184 Å². The summed E-state index contributed by atoms with van der Waals surface area (Å²) in [5.74, 6) is -0.299. The molecule has 168 valence electrons. The lowest BCUT2D eigenvalue weighted by atomic mass is 9.95. The minimum absolute atomic E-state index is 0.0168. The van der Waals surface area contributed by atoms with Gasteiger partial charge >= 0.3 is 0 Å². The van der Waals surface area contributed by atoms with Gasteiger partial charge in [-0.05, 0) is 52.7 Å². The van der Waals surface area contributed by atoms with Crippen molar-refractivity contribution in [1.82, 2.24) is 0 Å². The predicted molar refractivity (Wildman–Crippen MR) is 121 cm³/mol. The topological polar surface area (TPSA) is 120 Å². The molecule has 1 aromatic heterocycles. The molecule has 7 heteroatoms. The molecule has 7 nitrogen and oxygen atoms in total. The first-order valence-electron chi connectivity index (χ1n) is 10.3. The van der Waals surface area contributed by atoms with Crippen LogP contribution in [0.1, 0.15) is 45.2 Å². The zero-order chi connectivity index (χ0) is 23.4. The molecule has 4 N–H and O–H groups in total. The number of hydrogen-bond donors (Lipinski definition) is 4. The van der Waals surface area contributed by atoms with Crippen LogP contribution in [0.4, 0.5) is 0 Å². The predicted octanol–water partition coefficient (Wildman–Crippen LogP) is 4.46. The van der Waals surface area contributed by atoms with Gasteiger partial charge in [0.25, 0.3) is 0 Å². The maximum atomic E-state index is 13.3. The van der Waals surface area contributed by atoms with Crippen LogP contribution in [-0.2, 0) is 6.42 Å². The van der Waals surface area contributed by atoms with Gasteiger partial charge < -0.3 is 29.6 Å². The van der Waals surface area contributed by atoms with Gasteiger partial charge in [0.05, 0.1) is 11.2 Å². The van der Waals surface area contributed by atoms with Crippen molar-refractivity contribution in [3.05, 3.63) is 51.9 Å². The Morgan fingerprint density at radius 3 is 2.44 bits per heavy atom. The van der Waals surface area contributed by atoms with Crippen molar-refractivity contribution in [1.29, 1.82) is 0 Å². The van der Waals surface area contributed by atoms with E-state index in [1.54, 1.807) is 19.9 Å². The highest BCUT2D eigenvalue weighted by Crippen LogP contribution is 2.41. The van der Waals surface area contributed by atoms with Crippen molar-refractivity contribution in [2.75, 3.05) is 0 Å². The zero-order valence-electron chi connectivity index (χ0n) is 18.4. The molecule has 0 unspecified atom stereocenters. The summed E-state index contributed by atoms with van der Waals surface area (Å²) in [6.07, 6.45) is 5.35. The zero-order valence-corrected chi connectivity index (χ0v) is 18.4. The summed E-state index contributed by atoms with van der Waals surface area (Å²) in [6, 6.07) is 4.34. The Balaban J connectivity index is 1.87. The molecule has 0 spiro atoms. The lowest BCUT2D eigenvalue weighted by Crippen LogP contribution is -2.27. The summed E-state index contributed by atoms with van der Waals surface area (Å²) in [5.41, 5.74) is -0.929. The van der Waals surface area contributed by atoms with E-state index in [-0.39, 0.29) is 52.0 Å². The van der Waals surface area contributed by atoms with Crippen molar-refractivity contribution in [2.45, 2.75) is 51.7 Å². The first kappa shape index (κ1) is 21.8. The fourth-order valence-electron chi connectivity index (χ4n) is 3.79. The van der Waals surface area contributed by atoms with Crippen molar-refractivity contribution in [3.8, 4) is 34.1 Å². The number of ether oxygens (including phenoxy) is 1. The molecule has 0 fully saturated rings. The van der Waals surface area contributed by atoms with Crippen molar-refractivity contribution >= 4 is 17.0 Å². The van der Waals surface area contributed by atoms with Crippen LogP contribution < -0.4 is 10.2 Å². The third-order valence-electron chi connectivity index (χ3n) is 5.56. The molecule has 0 amide bonds. The molecule has 0 atom stereocenters. The Morgan fingerprint density at radius 1 is 1.03 bits per heavy atom. The fourth-order valence-corrected chi connectivity index (χ4v) is 3.79. The van der Waals surface area contributed by atoms with Crippen LogP contribution in [0.25, 0.3) is 28.2 Å². The summed E-state index contributed by atoms with van der Waals surface area (Å²) >= 11 is 0. The van der Waals surface area contributed by atoms with Gasteiger partial charge in [0.15, 0.2) is 0 Å². The number of rotatable bonds is 4. The van der Waals surface area contributed by atoms with Crippen molar-refractivity contribution in [3.63, 3.8) is 0 Å². The van der Waals surface area contributed by atoms with Gasteiger partial charge in [-0.3, -0.25) is 4.79 Å². The smallest absolute Gasteiger partial charge is 0.204 e. The Bertz CT molecular complexity index is 1310. The second-order valence-electron chi connectivity index (χ2n) is 9.33. The molecule has 2 aromatic carbocycles. The van der Waals surface area contributed by atoms with E-state index in [1.165, 1.54) is 18.4 Å². The monoisotopic (exact) mass is 438 g/mol. The molecule has 0 radical (unpaired) electrons. The van der Waals surface area contributed by atoms with E-state index in [0.29, 0.717) is 11.3 Å². The molecule has 1 aliphatic heterocycles. The molecule has 3 aromatic rings. The third-order valence-corrected chi connectivity index (χ3v) is 5.56. The first-order chi connectivity index (χ1) is 14.9. The number of phenolic OH excluding ortho intramolecular Hbond substituents is 3. The fraction of sp³-hybridized carbons (Fsp3) is 0.320. The van der Waals surface area contributed by atoms with E-state index < -0.39 is 22.4 Å². The highest BCUT2D eigenvalue weighted by Gasteiger charge is 2.25. The summed E-state index contributed by atoms with van der Waals surface area (Å²) in [7, 11) is 0. The summed E-state index contributed by atoms with van der Waals surface area (Å²) in [5, 5.41) is 41.6. The molecule has 0 saturated heterocycles. The highest BCUT2D eigenvalue weighted by molar-refractivity contribution is 5.90. The average molecular weight is 438 g/mol. The van der Waals surface area contributed by atoms with E-state index in [4.69, 9.17) is 9.15 Å². The highest BCUT2D eigenvalue weighted by atomic mass is 16.5. The van der Waals surface area contributed by atoms with Crippen LogP contribution in [0.5, 0.6) is 23.0 Å². The first-order valence-corrected chi connectivity index (χ1v) is 10.3. The SMILES string of the molecule is CC(C)(O)CCc1c(O)cc2occ(-c3cc4c(cc3O)OC(C)(C)C=C4)c(=O)c2c1O. The van der Waals surface area contributed by atoms with E-state index in [0.717, 1.165) is 0 Å². The van der Waals surface area contributed by atoms with Crippen LogP contribution >= 0.6 is 0 Å². The molecule has 32 heavy (non-hydrogen) atoms. The number of fused-ring (bicyclic) bond motifs is 2. The van der Waals surface area contributed by atoms with Gasteiger partial charge in [-0.1, -0.05) is 6.08 Å². The van der Waals surface area contributed by atoms with Gasteiger partial charge in [0.2, 0.25) is 5.43 Å². The summed E-state index contributed by atoms with van der Waals surface area (Å²) in [6.45, 7) is 7.02. The number of phenols is 3. The van der Waals surface area contributed by atoms with Gasteiger partial charge in [-0.2, -0.15) is 0 Å². The number of hydrogen-bond acceptors (Lipinski definition) is 7. The van der Waals surface area contributed by atoms with Crippen LogP contribution in [0.2, 0.25) is 0 Å². The average Bonchev–Trinajstić information content (AvgIpc) is 2.66. The van der Waals surface area contributed by atoms with Crippen molar-refractivity contribution < 1.29 is 29.6 Å². The van der Waals surface area contributed by atoms with Crippen LogP contribution in [0, 0.1) is 0 Å². The molecule has 0 bridgehead atoms. The molecular weight excluding hydrogens is 412 g/mol. The minimum atomic E-state index is -1.01. The van der Waals surface area contributed by atoms with Gasteiger partial charge in [0, 0.05) is 28.8 Å². The molecule has 2 heterocycles. The quantitative estimate of drug-likeness (QED) is 0.474. The maximum absolute atomic E-state index is 13.3. The van der Waals surface area contributed by atoms with E-state index in [1.807, 2.05) is 26.0 Å². The summed E-state index contributed by atoms with van der Waals surface area (Å²) in [4.78, 5) is 13.3. The molecule has 4 rings (SSSR count). The van der Waals surface area contributed by atoms with E-state index in [2.05, 4.69) is 0 Å². The maximum Gasteiger partial charge on any atom is 0.204 e.